The van der Waals surface area contributed by atoms with E-state index in [0.717, 1.165) is 4.47 Å². The molecule has 0 bridgehead atoms. The molecule has 0 radical (unpaired) electrons. The van der Waals surface area contributed by atoms with Gasteiger partial charge in [-0.3, -0.25) is 4.79 Å². The quantitative estimate of drug-likeness (QED) is 0.756. The zero-order chi connectivity index (χ0) is 17.0. The first-order chi connectivity index (χ1) is 10.6. The molecule has 3 rings (SSSR count). The molecule has 1 fully saturated rings. The molecule has 124 valence electrons. The van der Waals surface area contributed by atoms with Crippen LogP contribution in [0.4, 0.5) is 10.1 Å². The number of primary amides is 1. The second-order valence-electron chi connectivity index (χ2n) is 6.37. The van der Waals surface area contributed by atoms with Gasteiger partial charge >= 0.3 is 0 Å². The van der Waals surface area contributed by atoms with Crippen molar-refractivity contribution in [3.63, 3.8) is 0 Å². The molecule has 1 saturated carbocycles. The number of hydrogen-bond acceptors (Lipinski definition) is 4. The van der Waals surface area contributed by atoms with E-state index < -0.39 is 23.2 Å². The third kappa shape index (κ3) is 2.49. The van der Waals surface area contributed by atoms with Crippen molar-refractivity contribution in [3.8, 4) is 0 Å². The molecule has 4 N–H and O–H groups in total. The Morgan fingerprint density at radius 3 is 2.87 bits per heavy atom. The van der Waals surface area contributed by atoms with Crippen molar-refractivity contribution in [3.05, 3.63) is 28.5 Å². The van der Waals surface area contributed by atoms with E-state index in [0.29, 0.717) is 24.0 Å². The molecule has 8 heteroatoms. The minimum absolute atomic E-state index is 0.186. The van der Waals surface area contributed by atoms with Crippen LogP contribution in [0.3, 0.4) is 0 Å². The predicted molar refractivity (Wildman–Crippen MR) is 88.2 cm³/mol. The SMILES string of the molecule is C[C@@]1(O)CC[C@@H](Nc2c(C(N)=O)cnn3cc(Br)cc23)[C@@]1(C)F. The summed E-state index contributed by atoms with van der Waals surface area (Å²) in [5.41, 5.74) is 3.37. The first kappa shape index (κ1) is 16.2. The maximum absolute atomic E-state index is 15.0. The predicted octanol–water partition coefficient (Wildman–Crippen LogP) is 2.25. The second kappa shape index (κ2) is 5.17. The van der Waals surface area contributed by atoms with Gasteiger partial charge < -0.3 is 16.2 Å². The first-order valence-corrected chi connectivity index (χ1v) is 8.07. The Hall–Kier alpha value is -1.67. The Morgan fingerprint density at radius 2 is 2.30 bits per heavy atom. The largest absolute Gasteiger partial charge is 0.387 e. The highest BCUT2D eigenvalue weighted by atomic mass is 79.9. The van der Waals surface area contributed by atoms with Crippen LogP contribution in [-0.2, 0) is 0 Å². The van der Waals surface area contributed by atoms with E-state index in [1.165, 1.54) is 20.0 Å². The normalized spacial score (nSPS) is 30.7. The molecule has 1 amide bonds. The van der Waals surface area contributed by atoms with Gasteiger partial charge in [0.15, 0.2) is 5.67 Å². The molecular formula is C15H18BrFN4O2. The summed E-state index contributed by atoms with van der Waals surface area (Å²) in [6.07, 6.45) is 3.85. The van der Waals surface area contributed by atoms with Crippen molar-refractivity contribution >= 4 is 33.0 Å². The highest BCUT2D eigenvalue weighted by Gasteiger charge is 2.55. The number of anilines is 1. The number of fused-ring (bicyclic) bond motifs is 1. The number of halogens is 2. The first-order valence-electron chi connectivity index (χ1n) is 7.28. The fraction of sp³-hybridized carbons (Fsp3) is 0.467. The molecule has 0 saturated heterocycles. The molecule has 0 unspecified atom stereocenters. The summed E-state index contributed by atoms with van der Waals surface area (Å²) in [4.78, 5) is 11.7. The van der Waals surface area contributed by atoms with Gasteiger partial charge in [-0.05, 0) is 48.7 Å². The van der Waals surface area contributed by atoms with Gasteiger partial charge in [0.1, 0.15) is 0 Å². The number of aromatic nitrogens is 2. The number of hydrogen-bond donors (Lipinski definition) is 3. The van der Waals surface area contributed by atoms with Gasteiger partial charge in [0.25, 0.3) is 5.91 Å². The van der Waals surface area contributed by atoms with Gasteiger partial charge in [-0.15, -0.1) is 0 Å². The maximum Gasteiger partial charge on any atom is 0.252 e. The average molecular weight is 385 g/mol. The topological polar surface area (TPSA) is 92.6 Å². The summed E-state index contributed by atoms with van der Waals surface area (Å²) >= 11 is 3.35. The van der Waals surface area contributed by atoms with Gasteiger partial charge in [-0.1, -0.05) is 0 Å². The lowest BCUT2D eigenvalue weighted by Crippen LogP contribution is -2.50. The minimum Gasteiger partial charge on any atom is -0.387 e. The lowest BCUT2D eigenvalue weighted by Gasteiger charge is -2.34. The zero-order valence-corrected chi connectivity index (χ0v) is 14.4. The second-order valence-corrected chi connectivity index (χ2v) is 7.29. The molecule has 6 nitrogen and oxygen atoms in total. The third-order valence-corrected chi connectivity index (χ3v) is 5.25. The molecule has 2 aromatic heterocycles. The molecule has 0 aliphatic heterocycles. The Balaban J connectivity index is 2.09. The molecule has 23 heavy (non-hydrogen) atoms. The Kier molecular flexibility index (Phi) is 3.64. The smallest absolute Gasteiger partial charge is 0.252 e. The van der Waals surface area contributed by atoms with E-state index in [2.05, 4.69) is 26.3 Å². The Labute approximate surface area is 141 Å². The van der Waals surface area contributed by atoms with Gasteiger partial charge in [-0.25, -0.2) is 8.91 Å². The van der Waals surface area contributed by atoms with Crippen LogP contribution >= 0.6 is 15.9 Å². The van der Waals surface area contributed by atoms with Crippen molar-refractivity contribution in [2.45, 2.75) is 44.0 Å². The number of carbonyl (C=O) groups is 1. The van der Waals surface area contributed by atoms with Crippen LogP contribution in [0.2, 0.25) is 0 Å². The summed E-state index contributed by atoms with van der Waals surface area (Å²) in [5, 5.41) is 17.4. The molecule has 2 aromatic rings. The number of nitrogens with zero attached hydrogens (tertiary/aromatic N) is 2. The van der Waals surface area contributed by atoms with Crippen molar-refractivity contribution in [1.82, 2.24) is 9.61 Å². The maximum atomic E-state index is 15.0. The minimum atomic E-state index is -1.84. The molecule has 0 aromatic carbocycles. The fourth-order valence-electron chi connectivity index (χ4n) is 3.06. The van der Waals surface area contributed by atoms with Crippen LogP contribution in [-0.4, -0.2) is 37.9 Å². The highest BCUT2D eigenvalue weighted by Crippen LogP contribution is 2.44. The van der Waals surface area contributed by atoms with Crippen molar-refractivity contribution in [2.24, 2.45) is 5.73 Å². The average Bonchev–Trinajstić information content (AvgIpc) is 2.90. The van der Waals surface area contributed by atoms with E-state index in [1.54, 1.807) is 16.8 Å². The molecule has 1 aliphatic carbocycles. The van der Waals surface area contributed by atoms with Crippen LogP contribution in [0.15, 0.2) is 22.9 Å². The summed E-state index contributed by atoms with van der Waals surface area (Å²) < 4.78 is 17.4. The molecule has 1 aliphatic rings. The monoisotopic (exact) mass is 384 g/mol. The molecular weight excluding hydrogens is 367 g/mol. The van der Waals surface area contributed by atoms with E-state index in [9.17, 15) is 9.90 Å². The van der Waals surface area contributed by atoms with Crippen molar-refractivity contribution in [1.29, 1.82) is 0 Å². The summed E-state index contributed by atoms with van der Waals surface area (Å²) in [6, 6.07) is 1.13. The number of rotatable bonds is 3. The third-order valence-electron chi connectivity index (χ3n) is 4.82. The lowest BCUT2D eigenvalue weighted by molar-refractivity contribution is -0.0598. The number of carbonyl (C=O) groups excluding carboxylic acids is 1. The van der Waals surface area contributed by atoms with Crippen molar-refractivity contribution in [2.75, 3.05) is 5.32 Å². The van der Waals surface area contributed by atoms with Crippen LogP contribution in [0.25, 0.3) is 5.52 Å². The Morgan fingerprint density at radius 1 is 1.61 bits per heavy atom. The summed E-state index contributed by atoms with van der Waals surface area (Å²) in [7, 11) is 0. The van der Waals surface area contributed by atoms with Gasteiger partial charge in [0.05, 0.1) is 34.6 Å². The Bertz CT molecular complexity index is 787. The van der Waals surface area contributed by atoms with E-state index >= 15 is 4.39 Å². The number of amides is 1. The molecule has 0 spiro atoms. The molecule has 3 atom stereocenters. The van der Waals surface area contributed by atoms with Crippen LogP contribution in [0, 0.1) is 0 Å². The van der Waals surface area contributed by atoms with Gasteiger partial charge in [0.2, 0.25) is 0 Å². The number of nitrogens with two attached hydrogens (primary N) is 1. The number of nitrogens with one attached hydrogen (secondary N) is 1. The van der Waals surface area contributed by atoms with Gasteiger partial charge in [-0.2, -0.15) is 5.10 Å². The summed E-state index contributed by atoms with van der Waals surface area (Å²) in [6.45, 7) is 2.85. The van der Waals surface area contributed by atoms with Crippen LogP contribution < -0.4 is 11.1 Å². The standard InChI is InChI=1S/C15H18BrFN4O2/c1-14(23)4-3-11(15(14,2)17)20-12-9(13(18)22)6-19-21-7-8(16)5-10(12)21/h5-7,11,20,23H,3-4H2,1-2H3,(H2,18,22)/t11-,14-,15-/m1/s1. The van der Waals surface area contributed by atoms with E-state index in [1.807, 2.05) is 0 Å². The van der Waals surface area contributed by atoms with Crippen LogP contribution in [0.5, 0.6) is 0 Å². The zero-order valence-electron chi connectivity index (χ0n) is 12.8. The lowest BCUT2D eigenvalue weighted by atomic mass is 9.89. The highest BCUT2D eigenvalue weighted by molar-refractivity contribution is 9.10. The van der Waals surface area contributed by atoms with Crippen LogP contribution in [0.1, 0.15) is 37.0 Å². The number of aliphatic hydroxyl groups is 1. The summed E-state index contributed by atoms with van der Waals surface area (Å²) in [5.74, 6) is -0.648. The van der Waals surface area contributed by atoms with Gasteiger partial charge in [0, 0.05) is 10.7 Å². The van der Waals surface area contributed by atoms with Crippen molar-refractivity contribution < 1.29 is 14.3 Å². The van der Waals surface area contributed by atoms with E-state index in [-0.39, 0.29) is 5.56 Å². The fourth-order valence-corrected chi connectivity index (χ4v) is 3.47. The number of alkyl halides is 1. The van der Waals surface area contributed by atoms with E-state index in [4.69, 9.17) is 5.73 Å². The molecule has 2 heterocycles.